The second kappa shape index (κ2) is 6.55. The van der Waals surface area contributed by atoms with Crippen molar-refractivity contribution in [3.05, 3.63) is 41.3 Å². The van der Waals surface area contributed by atoms with Gasteiger partial charge in [0.1, 0.15) is 11.5 Å². The maximum atomic E-state index is 13.2. The molecule has 0 atom stereocenters. The van der Waals surface area contributed by atoms with Crippen LogP contribution in [0.2, 0.25) is 0 Å². The number of halogens is 1. The largest absolute Gasteiger partial charge is 0.365 e. The zero-order valence-electron chi connectivity index (χ0n) is 15.3. The van der Waals surface area contributed by atoms with Gasteiger partial charge in [-0.25, -0.2) is 4.39 Å². The molecule has 1 aromatic heterocycles. The summed E-state index contributed by atoms with van der Waals surface area (Å²) in [6.07, 6.45) is 0.428. The highest BCUT2D eigenvalue weighted by Gasteiger charge is 2.30. The van der Waals surface area contributed by atoms with Crippen molar-refractivity contribution < 1.29 is 14.0 Å². The van der Waals surface area contributed by atoms with Gasteiger partial charge >= 0.3 is 0 Å². The van der Waals surface area contributed by atoms with E-state index in [1.54, 1.807) is 21.7 Å². The van der Waals surface area contributed by atoms with Gasteiger partial charge in [-0.1, -0.05) is 20.8 Å². The molecule has 0 radical (unpaired) electrons. The van der Waals surface area contributed by atoms with E-state index in [2.05, 4.69) is 5.10 Å². The van der Waals surface area contributed by atoms with Crippen LogP contribution in [-0.4, -0.2) is 33.0 Å². The van der Waals surface area contributed by atoms with Crippen molar-refractivity contribution in [3.8, 4) is 11.3 Å². The summed E-state index contributed by atoms with van der Waals surface area (Å²) >= 11 is 0. The van der Waals surface area contributed by atoms with Crippen molar-refractivity contribution in [2.45, 2.75) is 40.3 Å². The highest BCUT2D eigenvalue weighted by Crippen LogP contribution is 2.29. The molecule has 2 N–H and O–H groups in total. The number of benzene rings is 1. The fourth-order valence-electron chi connectivity index (χ4n) is 3.16. The van der Waals surface area contributed by atoms with Crippen LogP contribution in [0.15, 0.2) is 24.3 Å². The number of aromatic nitrogens is 2. The SMILES string of the molecule is CC(C)(C)CC(=O)N1CCn2nc(-c3ccc(F)cc3)c(C(N)=O)c2C1. The number of carbonyl (C=O) groups excluding carboxylic acids is 2. The van der Waals surface area contributed by atoms with Gasteiger partial charge in [-0.2, -0.15) is 5.10 Å². The van der Waals surface area contributed by atoms with Gasteiger partial charge in [0.25, 0.3) is 5.91 Å². The van der Waals surface area contributed by atoms with Crippen LogP contribution in [0.4, 0.5) is 4.39 Å². The summed E-state index contributed by atoms with van der Waals surface area (Å²) < 4.78 is 14.9. The predicted molar refractivity (Wildman–Crippen MR) is 95.6 cm³/mol. The van der Waals surface area contributed by atoms with Gasteiger partial charge < -0.3 is 10.6 Å². The molecule has 2 aromatic rings. The van der Waals surface area contributed by atoms with Crippen molar-refractivity contribution in [2.24, 2.45) is 11.1 Å². The molecule has 0 saturated carbocycles. The van der Waals surface area contributed by atoms with Gasteiger partial charge in [0.2, 0.25) is 5.91 Å². The van der Waals surface area contributed by atoms with E-state index < -0.39 is 5.91 Å². The molecule has 0 bridgehead atoms. The lowest BCUT2D eigenvalue weighted by Crippen LogP contribution is -2.40. The summed E-state index contributed by atoms with van der Waals surface area (Å²) in [5.41, 5.74) is 7.47. The number of hydrogen-bond donors (Lipinski definition) is 1. The fraction of sp³-hybridized carbons (Fsp3) is 0.421. The number of amides is 2. The average Bonchev–Trinajstić information content (AvgIpc) is 2.92. The third-order valence-corrected chi connectivity index (χ3v) is 4.38. The summed E-state index contributed by atoms with van der Waals surface area (Å²) in [4.78, 5) is 26.4. The number of fused-ring (bicyclic) bond motifs is 1. The Balaban J connectivity index is 1.96. The Labute approximate surface area is 151 Å². The highest BCUT2D eigenvalue weighted by atomic mass is 19.1. The third kappa shape index (κ3) is 3.61. The summed E-state index contributed by atoms with van der Waals surface area (Å²) in [6, 6.07) is 5.77. The second-order valence-electron chi connectivity index (χ2n) is 7.82. The van der Waals surface area contributed by atoms with Gasteiger partial charge in [-0.3, -0.25) is 14.3 Å². The zero-order valence-corrected chi connectivity index (χ0v) is 15.3. The number of primary amides is 1. The molecular weight excluding hydrogens is 335 g/mol. The molecule has 0 aliphatic carbocycles. The maximum Gasteiger partial charge on any atom is 0.252 e. The third-order valence-electron chi connectivity index (χ3n) is 4.38. The molecule has 0 unspecified atom stereocenters. The summed E-state index contributed by atoms with van der Waals surface area (Å²) in [6.45, 7) is 7.36. The maximum absolute atomic E-state index is 13.2. The molecule has 0 saturated heterocycles. The second-order valence-corrected chi connectivity index (χ2v) is 7.82. The quantitative estimate of drug-likeness (QED) is 0.915. The van der Waals surface area contributed by atoms with Crippen molar-refractivity contribution in [2.75, 3.05) is 6.54 Å². The Morgan fingerprint density at radius 2 is 1.85 bits per heavy atom. The molecule has 1 aromatic carbocycles. The van der Waals surface area contributed by atoms with Crippen LogP contribution in [0, 0.1) is 11.2 Å². The molecule has 2 amide bonds. The minimum absolute atomic E-state index is 0.0451. The van der Waals surface area contributed by atoms with E-state index in [-0.39, 0.29) is 17.1 Å². The molecule has 7 heteroatoms. The van der Waals surface area contributed by atoms with E-state index in [9.17, 15) is 14.0 Å². The number of carbonyl (C=O) groups is 2. The first-order chi connectivity index (χ1) is 12.2. The van der Waals surface area contributed by atoms with Gasteiger partial charge in [0, 0.05) is 18.5 Å². The van der Waals surface area contributed by atoms with Crippen LogP contribution in [0.5, 0.6) is 0 Å². The normalized spacial score (nSPS) is 14.2. The van der Waals surface area contributed by atoms with Crippen molar-refractivity contribution in [3.63, 3.8) is 0 Å². The molecule has 3 rings (SSSR count). The summed E-state index contributed by atoms with van der Waals surface area (Å²) in [5.74, 6) is -0.920. The minimum atomic E-state index is -0.601. The molecule has 0 fully saturated rings. The lowest BCUT2D eigenvalue weighted by Gasteiger charge is -2.30. The van der Waals surface area contributed by atoms with Gasteiger partial charge in [-0.05, 0) is 29.7 Å². The van der Waals surface area contributed by atoms with Gasteiger partial charge in [0.05, 0.1) is 24.3 Å². The standard InChI is InChI=1S/C19H23FN4O2/c1-19(2,3)10-15(25)23-8-9-24-14(11-23)16(18(21)26)17(22-24)12-4-6-13(20)7-5-12/h4-7H,8-11H2,1-3H3,(H2,21,26). The number of nitrogens with two attached hydrogens (primary N) is 1. The molecule has 6 nitrogen and oxygen atoms in total. The van der Waals surface area contributed by atoms with Crippen LogP contribution in [0.25, 0.3) is 11.3 Å². The van der Waals surface area contributed by atoms with Crippen LogP contribution >= 0.6 is 0 Å². The molecular formula is C19H23FN4O2. The van der Waals surface area contributed by atoms with Crippen molar-refractivity contribution >= 4 is 11.8 Å². The van der Waals surface area contributed by atoms with Crippen molar-refractivity contribution in [1.82, 2.24) is 14.7 Å². The first kappa shape index (κ1) is 18.1. The van der Waals surface area contributed by atoms with E-state index in [1.807, 2.05) is 20.8 Å². The molecule has 2 heterocycles. The monoisotopic (exact) mass is 358 g/mol. The zero-order chi connectivity index (χ0) is 19.1. The summed E-state index contributed by atoms with van der Waals surface area (Å²) in [5, 5.41) is 4.50. The minimum Gasteiger partial charge on any atom is -0.365 e. The Morgan fingerprint density at radius 1 is 1.19 bits per heavy atom. The Kier molecular flexibility index (Phi) is 4.56. The van der Waals surface area contributed by atoms with Gasteiger partial charge in [0.15, 0.2) is 0 Å². The highest BCUT2D eigenvalue weighted by molar-refractivity contribution is 6.00. The van der Waals surface area contributed by atoms with Crippen molar-refractivity contribution in [1.29, 1.82) is 0 Å². The lowest BCUT2D eigenvalue weighted by molar-refractivity contribution is -0.134. The van der Waals surface area contributed by atoms with E-state index in [1.165, 1.54) is 12.1 Å². The van der Waals surface area contributed by atoms with E-state index in [0.717, 1.165) is 0 Å². The molecule has 0 spiro atoms. The number of hydrogen-bond acceptors (Lipinski definition) is 3. The van der Waals surface area contributed by atoms with E-state index in [0.29, 0.717) is 48.6 Å². The van der Waals surface area contributed by atoms with Crippen LogP contribution in [0.3, 0.4) is 0 Å². The predicted octanol–water partition coefficient (Wildman–Crippen LogP) is 2.57. The fourth-order valence-corrected chi connectivity index (χ4v) is 3.16. The Morgan fingerprint density at radius 3 is 2.42 bits per heavy atom. The topological polar surface area (TPSA) is 81.2 Å². The average molecular weight is 358 g/mol. The first-order valence-electron chi connectivity index (χ1n) is 8.59. The molecule has 1 aliphatic heterocycles. The van der Waals surface area contributed by atoms with Crippen LogP contribution in [-0.2, 0) is 17.9 Å². The van der Waals surface area contributed by atoms with E-state index >= 15 is 0 Å². The van der Waals surface area contributed by atoms with Gasteiger partial charge in [-0.15, -0.1) is 0 Å². The molecule has 138 valence electrons. The molecule has 26 heavy (non-hydrogen) atoms. The Hall–Kier alpha value is -2.70. The number of nitrogens with zero attached hydrogens (tertiary/aromatic N) is 3. The smallest absolute Gasteiger partial charge is 0.252 e. The first-order valence-corrected chi connectivity index (χ1v) is 8.59. The molecule has 1 aliphatic rings. The Bertz CT molecular complexity index is 850. The number of rotatable bonds is 3. The van der Waals surface area contributed by atoms with Crippen LogP contribution < -0.4 is 5.73 Å². The van der Waals surface area contributed by atoms with Crippen LogP contribution in [0.1, 0.15) is 43.2 Å². The lowest BCUT2D eigenvalue weighted by atomic mass is 9.91. The van der Waals surface area contributed by atoms with E-state index in [4.69, 9.17) is 5.73 Å². The summed E-state index contributed by atoms with van der Waals surface area (Å²) in [7, 11) is 0.